The number of nitrogens with two attached hydrogens (primary N) is 3. The lowest BCUT2D eigenvalue weighted by Gasteiger charge is -2.30. The Kier molecular flexibility index (Phi) is 10.2. The van der Waals surface area contributed by atoms with Crippen molar-refractivity contribution in [2.24, 2.45) is 17.5 Å². The molecule has 0 spiro atoms. The highest BCUT2D eigenvalue weighted by atomic mass is 35.5. The van der Waals surface area contributed by atoms with Crippen molar-refractivity contribution >= 4 is 59.7 Å². The van der Waals surface area contributed by atoms with E-state index in [2.05, 4.69) is 0 Å². The first kappa shape index (κ1) is 29.9. The minimum atomic E-state index is -4.87. The number of hydrogen-bond donors (Lipinski definition) is 3. The monoisotopic (exact) mass is 608 g/mol. The third-order valence-corrected chi connectivity index (χ3v) is 6.53. The summed E-state index contributed by atoms with van der Waals surface area (Å²) in [5.74, 6) is 18.7. The lowest BCUT2D eigenvalue weighted by atomic mass is 10.3. The van der Waals surface area contributed by atoms with Gasteiger partial charge in [-0.3, -0.25) is 0 Å². The first-order valence-corrected chi connectivity index (χ1v) is 12.9. The molecule has 0 aliphatic rings. The van der Waals surface area contributed by atoms with Crippen LogP contribution in [0.1, 0.15) is 0 Å². The SMILES string of the molecule is COc1cc(Cl)ccc1N(N)OP(=O)(ON(N)c1ccc(Cl)cc1OC)ON(N)c1ccc(Cl)cc1OC. The van der Waals surface area contributed by atoms with Gasteiger partial charge in [-0.2, -0.15) is 15.5 Å². The molecule has 3 aromatic carbocycles. The number of benzene rings is 3. The van der Waals surface area contributed by atoms with E-state index in [1.165, 1.54) is 75.9 Å². The van der Waals surface area contributed by atoms with Crippen LogP contribution in [0.4, 0.5) is 17.1 Å². The minimum absolute atomic E-state index is 0.101. The van der Waals surface area contributed by atoms with Crippen LogP contribution in [0.3, 0.4) is 0 Å². The molecule has 3 aromatic rings. The van der Waals surface area contributed by atoms with Crippen molar-refractivity contribution in [1.82, 2.24) is 0 Å². The van der Waals surface area contributed by atoms with Crippen LogP contribution in [0.15, 0.2) is 54.6 Å². The zero-order chi connectivity index (χ0) is 28.0. The molecule has 0 radical (unpaired) electrons. The molecule has 0 saturated heterocycles. The van der Waals surface area contributed by atoms with Gasteiger partial charge in [0.25, 0.3) is 0 Å². The Bertz CT molecular complexity index is 1170. The summed E-state index contributed by atoms with van der Waals surface area (Å²) in [6, 6.07) is 13.2. The molecule has 0 amide bonds. The van der Waals surface area contributed by atoms with Crippen LogP contribution >= 0.6 is 42.6 Å². The quantitative estimate of drug-likeness (QED) is 0.143. The Balaban J connectivity index is 1.98. The third-order valence-electron chi connectivity index (χ3n) is 4.70. The topological polar surface area (TPSA) is 160 Å². The van der Waals surface area contributed by atoms with Crippen molar-refractivity contribution in [3.05, 3.63) is 69.7 Å². The van der Waals surface area contributed by atoms with E-state index in [0.29, 0.717) is 30.6 Å². The lowest BCUT2D eigenvalue weighted by Crippen LogP contribution is -2.38. The van der Waals surface area contributed by atoms with Gasteiger partial charge in [0.1, 0.15) is 34.3 Å². The second kappa shape index (κ2) is 12.9. The number of hydrazine groups is 3. The molecule has 206 valence electrons. The molecule has 13 nitrogen and oxygen atoms in total. The van der Waals surface area contributed by atoms with Gasteiger partial charge in [0.15, 0.2) is 0 Å². The van der Waals surface area contributed by atoms with E-state index < -0.39 is 7.82 Å². The van der Waals surface area contributed by atoms with E-state index in [1.54, 1.807) is 0 Å². The van der Waals surface area contributed by atoms with Crippen molar-refractivity contribution in [2.75, 3.05) is 36.8 Å². The predicted octanol–water partition coefficient (Wildman–Crippen LogP) is 5.02. The second-order valence-electron chi connectivity index (χ2n) is 7.12. The van der Waals surface area contributed by atoms with Crippen LogP contribution in [0.5, 0.6) is 17.2 Å². The number of phosphoric acid groups is 1. The highest BCUT2D eigenvalue weighted by Gasteiger charge is 2.38. The van der Waals surface area contributed by atoms with Crippen molar-refractivity contribution in [3.63, 3.8) is 0 Å². The van der Waals surface area contributed by atoms with Crippen molar-refractivity contribution in [3.8, 4) is 17.2 Å². The number of rotatable bonds is 12. The van der Waals surface area contributed by atoms with Crippen LogP contribution in [0.25, 0.3) is 0 Å². The van der Waals surface area contributed by atoms with Gasteiger partial charge in [0.2, 0.25) is 0 Å². The molecular weight excluding hydrogens is 586 g/mol. The first-order valence-electron chi connectivity index (χ1n) is 10.3. The van der Waals surface area contributed by atoms with E-state index in [0.717, 1.165) is 0 Å². The van der Waals surface area contributed by atoms with Crippen LogP contribution in [-0.2, 0) is 18.4 Å². The van der Waals surface area contributed by atoms with Crippen LogP contribution in [0, 0.1) is 0 Å². The van der Waals surface area contributed by atoms with Gasteiger partial charge in [-0.1, -0.05) is 34.8 Å². The maximum Gasteiger partial charge on any atom is 0.543 e. The fraction of sp³-hybridized carbons (Fsp3) is 0.143. The number of ether oxygens (including phenoxy) is 3. The number of methoxy groups -OCH3 is 3. The van der Waals surface area contributed by atoms with E-state index in [4.69, 9.17) is 80.4 Å². The highest BCUT2D eigenvalue weighted by molar-refractivity contribution is 7.48. The van der Waals surface area contributed by atoms with Crippen LogP contribution < -0.4 is 47.3 Å². The number of anilines is 3. The minimum Gasteiger partial charge on any atom is -0.494 e. The average Bonchev–Trinajstić information content (AvgIpc) is 2.87. The molecule has 0 heterocycles. The average molecular weight is 610 g/mol. The van der Waals surface area contributed by atoms with Gasteiger partial charge >= 0.3 is 7.82 Å². The van der Waals surface area contributed by atoms with Gasteiger partial charge in [-0.05, 0) is 36.4 Å². The Morgan fingerprint density at radius 3 is 1.08 bits per heavy atom. The smallest absolute Gasteiger partial charge is 0.494 e. The molecule has 0 bridgehead atoms. The van der Waals surface area contributed by atoms with E-state index in [9.17, 15) is 4.57 Å². The van der Waals surface area contributed by atoms with Gasteiger partial charge < -0.3 is 14.2 Å². The summed E-state index contributed by atoms with van der Waals surface area (Å²) < 4.78 is 45.9. The summed E-state index contributed by atoms with van der Waals surface area (Å²) in [6.07, 6.45) is 0. The summed E-state index contributed by atoms with van der Waals surface area (Å²) in [4.78, 5) is 0. The number of hydrogen-bond acceptors (Lipinski definition) is 13. The Labute approximate surface area is 233 Å². The molecule has 17 heteroatoms. The summed E-state index contributed by atoms with van der Waals surface area (Å²) in [6.45, 7) is 0. The fourth-order valence-electron chi connectivity index (χ4n) is 3.00. The molecule has 0 fully saturated rings. The maximum atomic E-state index is 13.9. The number of nitrogens with zero attached hydrogens (tertiary/aromatic N) is 3. The summed E-state index contributed by atoms with van der Waals surface area (Å²) in [7, 11) is -0.753. The Morgan fingerprint density at radius 2 is 0.842 bits per heavy atom. The summed E-state index contributed by atoms with van der Waals surface area (Å²) in [5, 5.41) is 2.78. The molecule has 0 saturated carbocycles. The molecule has 0 aliphatic heterocycles. The molecule has 0 unspecified atom stereocenters. The Hall–Kier alpha value is -2.68. The summed E-state index contributed by atoms with van der Waals surface area (Å²) >= 11 is 18.0. The van der Waals surface area contributed by atoms with Crippen molar-refractivity contribution in [2.45, 2.75) is 0 Å². The fourth-order valence-corrected chi connectivity index (χ4v) is 4.49. The zero-order valence-corrected chi connectivity index (χ0v) is 23.4. The highest BCUT2D eigenvalue weighted by Crippen LogP contribution is 2.54. The molecule has 0 aliphatic carbocycles. The normalized spacial score (nSPS) is 11.2. The molecule has 0 atom stereocenters. The first-order chi connectivity index (χ1) is 18.0. The molecule has 38 heavy (non-hydrogen) atoms. The zero-order valence-electron chi connectivity index (χ0n) is 20.2. The van der Waals surface area contributed by atoms with E-state index in [-0.39, 0.29) is 34.3 Å². The van der Waals surface area contributed by atoms with Crippen LogP contribution in [-0.4, -0.2) is 21.3 Å². The lowest BCUT2D eigenvalue weighted by molar-refractivity contribution is 0.0849. The van der Waals surface area contributed by atoms with Crippen LogP contribution in [0.2, 0.25) is 15.1 Å². The predicted molar refractivity (Wildman–Crippen MR) is 145 cm³/mol. The van der Waals surface area contributed by atoms with Gasteiger partial charge in [0.05, 0.1) is 21.3 Å². The molecule has 0 aromatic heterocycles. The molecule has 6 N–H and O–H groups in total. The molecular formula is C21H24Cl3N6O7P. The van der Waals surface area contributed by atoms with Gasteiger partial charge in [0, 0.05) is 33.3 Å². The molecule has 3 rings (SSSR count). The third kappa shape index (κ3) is 7.24. The van der Waals surface area contributed by atoms with Gasteiger partial charge in [-0.25, -0.2) is 22.1 Å². The van der Waals surface area contributed by atoms with Crippen molar-refractivity contribution in [1.29, 1.82) is 0 Å². The van der Waals surface area contributed by atoms with E-state index in [1.807, 2.05) is 0 Å². The van der Waals surface area contributed by atoms with Gasteiger partial charge in [-0.15, -0.1) is 13.9 Å². The number of halogens is 3. The Morgan fingerprint density at radius 1 is 0.579 bits per heavy atom. The largest absolute Gasteiger partial charge is 0.543 e. The standard InChI is InChI=1S/C21H24Cl3N6O7P/c1-32-19-10-13(22)4-7-16(19)28(25)35-38(31,36-29(26)17-8-5-14(23)11-20(17)33-2)37-30(27)18-9-6-15(24)12-21(18)34-3/h4-12H,25-27H2,1-3H3. The van der Waals surface area contributed by atoms with E-state index >= 15 is 0 Å². The summed E-state index contributed by atoms with van der Waals surface area (Å²) in [5.41, 5.74) is 0.304. The maximum absolute atomic E-state index is 13.9. The second-order valence-corrected chi connectivity index (χ2v) is 9.81. The van der Waals surface area contributed by atoms with Crippen molar-refractivity contribution < 1.29 is 32.6 Å².